The maximum atomic E-state index is 14.5. The van der Waals surface area contributed by atoms with Crippen molar-refractivity contribution in [2.75, 3.05) is 24.5 Å². The van der Waals surface area contributed by atoms with E-state index in [1.54, 1.807) is 13.8 Å². The van der Waals surface area contributed by atoms with Gasteiger partial charge in [-0.15, -0.1) is 10.2 Å². The molecule has 1 spiro atoms. The zero-order valence-corrected chi connectivity index (χ0v) is 29.7. The van der Waals surface area contributed by atoms with Crippen LogP contribution in [-0.4, -0.2) is 79.6 Å². The first-order chi connectivity index (χ1) is 24.9. The van der Waals surface area contributed by atoms with Crippen LogP contribution in [0.15, 0.2) is 60.8 Å². The molecule has 2 aromatic carbocycles. The zero-order chi connectivity index (χ0) is 36.2. The Bertz CT molecular complexity index is 1960. The van der Waals surface area contributed by atoms with Gasteiger partial charge in [0.1, 0.15) is 23.4 Å². The molecule has 1 saturated heterocycles. The monoisotopic (exact) mass is 733 g/mol. The van der Waals surface area contributed by atoms with Gasteiger partial charge in [0.15, 0.2) is 5.82 Å². The summed E-state index contributed by atoms with van der Waals surface area (Å²) in [6.07, 6.45) is 3.61. The van der Waals surface area contributed by atoms with Crippen LogP contribution in [0, 0.1) is 11.2 Å². The van der Waals surface area contributed by atoms with Gasteiger partial charge in [-0.05, 0) is 68.1 Å². The van der Waals surface area contributed by atoms with Crippen LogP contribution >= 0.6 is 11.6 Å². The van der Waals surface area contributed by atoms with Gasteiger partial charge in [0, 0.05) is 86.9 Å². The van der Waals surface area contributed by atoms with Crippen molar-refractivity contribution in [1.29, 1.82) is 0 Å². The minimum atomic E-state index is -2.83. The first-order valence-electron chi connectivity index (χ1n) is 17.7. The Morgan fingerprint density at radius 1 is 1.04 bits per heavy atom. The number of carbonyl (C=O) groups is 1. The Kier molecular flexibility index (Phi) is 8.97. The molecule has 2 saturated carbocycles. The maximum Gasteiger partial charge on any atom is 0.282 e. The number of hydrogen-bond acceptors (Lipinski definition) is 9. The summed E-state index contributed by atoms with van der Waals surface area (Å²) in [4.78, 5) is 28.6. The second-order valence-corrected chi connectivity index (χ2v) is 15.2. The maximum absolute atomic E-state index is 14.5. The standard InChI is InChI=1S/C38H39ClF3N7O3/c1-23(2)49(26-15-38(41,42)16-26)35(50)28-14-25(40)8-9-31(28)52-34-33(44-36(39)46-45-34)48-21-37(22-48)17-27(18-37)51-32-10-12-43-30-11-13-47(20-29(30)32)19-24-6-4-3-5-7-24/h3-10,12,14,23,26-27H,11,13,15-22H2,1-2H3. The van der Waals surface area contributed by atoms with Crippen molar-refractivity contribution < 1.29 is 27.4 Å². The summed E-state index contributed by atoms with van der Waals surface area (Å²) in [7, 11) is 0. The third-order valence-electron chi connectivity index (χ3n) is 10.6. The molecule has 4 aliphatic rings. The van der Waals surface area contributed by atoms with Gasteiger partial charge in [0.25, 0.3) is 17.7 Å². The predicted octanol–water partition coefficient (Wildman–Crippen LogP) is 7.11. The summed E-state index contributed by atoms with van der Waals surface area (Å²) in [6.45, 7) is 7.40. The highest BCUT2D eigenvalue weighted by Crippen LogP contribution is 2.52. The van der Waals surface area contributed by atoms with Gasteiger partial charge < -0.3 is 19.3 Å². The number of benzene rings is 2. The fourth-order valence-electron chi connectivity index (χ4n) is 8.11. The molecule has 0 atom stereocenters. The van der Waals surface area contributed by atoms with Gasteiger partial charge in [-0.1, -0.05) is 30.3 Å². The molecule has 2 aliphatic heterocycles. The van der Waals surface area contributed by atoms with Crippen LogP contribution in [0.1, 0.15) is 66.7 Å². The molecule has 8 rings (SSSR count). The van der Waals surface area contributed by atoms with E-state index >= 15 is 0 Å². The average molecular weight is 734 g/mol. The lowest BCUT2D eigenvalue weighted by molar-refractivity contribution is -0.120. The molecule has 2 aromatic heterocycles. The molecule has 52 heavy (non-hydrogen) atoms. The highest BCUT2D eigenvalue weighted by Gasteiger charge is 2.55. The number of anilines is 1. The van der Waals surface area contributed by atoms with E-state index in [2.05, 4.69) is 49.3 Å². The summed E-state index contributed by atoms with van der Waals surface area (Å²) >= 11 is 6.18. The Balaban J connectivity index is 0.929. The van der Waals surface area contributed by atoms with Gasteiger partial charge in [-0.3, -0.25) is 14.7 Å². The summed E-state index contributed by atoms with van der Waals surface area (Å²) in [5, 5.41) is 7.92. The van der Waals surface area contributed by atoms with Gasteiger partial charge >= 0.3 is 0 Å². The number of halogens is 4. The highest BCUT2D eigenvalue weighted by atomic mass is 35.5. The largest absolute Gasteiger partial charge is 0.490 e. The minimum absolute atomic E-state index is 0.00164. The van der Waals surface area contributed by atoms with Crippen molar-refractivity contribution in [1.82, 2.24) is 30.0 Å². The molecule has 4 heterocycles. The number of nitrogens with zero attached hydrogens (tertiary/aromatic N) is 7. The summed E-state index contributed by atoms with van der Waals surface area (Å²) < 4.78 is 54.7. The fourth-order valence-corrected chi connectivity index (χ4v) is 8.22. The smallest absolute Gasteiger partial charge is 0.282 e. The first kappa shape index (κ1) is 34.6. The van der Waals surface area contributed by atoms with Gasteiger partial charge in [-0.2, -0.15) is 4.98 Å². The molecule has 0 N–H and O–H groups in total. The number of alkyl halides is 2. The summed E-state index contributed by atoms with van der Waals surface area (Å²) in [5.41, 5.74) is 3.45. The van der Waals surface area contributed by atoms with E-state index in [9.17, 15) is 18.0 Å². The lowest BCUT2D eigenvalue weighted by atomic mass is 9.61. The van der Waals surface area contributed by atoms with Crippen LogP contribution in [0.5, 0.6) is 17.4 Å². The van der Waals surface area contributed by atoms with Crippen molar-refractivity contribution in [3.05, 3.63) is 94.3 Å². The van der Waals surface area contributed by atoms with Crippen molar-refractivity contribution in [3.8, 4) is 17.4 Å². The van der Waals surface area contributed by atoms with Crippen LogP contribution in [0.3, 0.4) is 0 Å². The molecule has 10 nitrogen and oxygen atoms in total. The number of rotatable bonds is 10. The zero-order valence-electron chi connectivity index (χ0n) is 28.9. The molecule has 4 aromatic rings. The van der Waals surface area contributed by atoms with Crippen LogP contribution in [0.4, 0.5) is 19.0 Å². The van der Waals surface area contributed by atoms with E-state index in [4.69, 9.17) is 21.1 Å². The topological polar surface area (TPSA) is 96.8 Å². The van der Waals surface area contributed by atoms with Crippen LogP contribution in [0.25, 0.3) is 0 Å². The molecule has 1 amide bonds. The molecular weight excluding hydrogens is 695 g/mol. The normalized spacial score (nSPS) is 19.4. The van der Waals surface area contributed by atoms with Crippen LogP contribution in [-0.2, 0) is 19.5 Å². The SMILES string of the molecule is CC(C)N(C(=O)c1cc(F)ccc1Oc1nnc(Cl)nc1N1CC2(CC(Oc3ccnc4c3CN(Cc3ccccc3)CC4)C2)C1)C1CC(F)(F)C1. The Hall–Kier alpha value is -4.49. The molecule has 272 valence electrons. The Labute approximate surface area is 304 Å². The number of ether oxygens (including phenoxy) is 2. The number of amides is 1. The van der Waals surface area contributed by atoms with Crippen molar-refractivity contribution in [3.63, 3.8) is 0 Å². The summed E-state index contributed by atoms with van der Waals surface area (Å²) in [6, 6.07) is 14.9. The molecule has 0 unspecified atom stereocenters. The second-order valence-electron chi connectivity index (χ2n) is 14.9. The number of pyridine rings is 1. The summed E-state index contributed by atoms with van der Waals surface area (Å²) in [5.74, 6) is -2.85. The number of aromatic nitrogens is 4. The van der Waals surface area contributed by atoms with Crippen LogP contribution in [0.2, 0.25) is 5.28 Å². The quantitative estimate of drug-likeness (QED) is 0.169. The van der Waals surface area contributed by atoms with E-state index in [0.717, 1.165) is 68.0 Å². The minimum Gasteiger partial charge on any atom is -0.490 e. The molecule has 0 bridgehead atoms. The molecule has 14 heteroatoms. The van der Waals surface area contributed by atoms with Crippen molar-refractivity contribution in [2.24, 2.45) is 5.41 Å². The Morgan fingerprint density at radius 3 is 2.54 bits per heavy atom. The molecule has 3 fully saturated rings. The second kappa shape index (κ2) is 13.5. The number of carbonyl (C=O) groups excluding carboxylic acids is 1. The lowest BCUT2D eigenvalue weighted by Crippen LogP contribution is -2.65. The lowest BCUT2D eigenvalue weighted by Gasteiger charge is -2.58. The van der Waals surface area contributed by atoms with E-state index in [-0.39, 0.29) is 34.0 Å². The van der Waals surface area contributed by atoms with E-state index in [1.807, 2.05) is 23.2 Å². The predicted molar refractivity (Wildman–Crippen MR) is 187 cm³/mol. The average Bonchev–Trinajstić information content (AvgIpc) is 3.06. The third-order valence-corrected chi connectivity index (χ3v) is 10.8. The fraction of sp³-hybridized carbons (Fsp3) is 0.447. The van der Waals surface area contributed by atoms with Gasteiger partial charge in [0.2, 0.25) is 5.28 Å². The van der Waals surface area contributed by atoms with E-state index in [1.165, 1.54) is 16.5 Å². The highest BCUT2D eigenvalue weighted by molar-refractivity contribution is 6.28. The van der Waals surface area contributed by atoms with Gasteiger partial charge in [0.05, 0.1) is 5.56 Å². The van der Waals surface area contributed by atoms with E-state index < -0.39 is 42.6 Å². The third kappa shape index (κ3) is 6.88. The molecular formula is C38H39ClF3N7O3. The van der Waals surface area contributed by atoms with Crippen LogP contribution < -0.4 is 14.4 Å². The first-order valence-corrected chi connectivity index (χ1v) is 18.0. The molecule has 0 radical (unpaired) electrons. The van der Waals surface area contributed by atoms with E-state index in [0.29, 0.717) is 18.9 Å². The number of fused-ring (bicyclic) bond motifs is 1. The molecule has 2 aliphatic carbocycles. The van der Waals surface area contributed by atoms with Gasteiger partial charge in [-0.25, -0.2) is 13.2 Å². The Morgan fingerprint density at radius 2 is 1.81 bits per heavy atom. The number of hydrogen-bond donors (Lipinski definition) is 0. The van der Waals surface area contributed by atoms with Crippen molar-refractivity contribution >= 4 is 23.3 Å². The van der Waals surface area contributed by atoms with Crippen molar-refractivity contribution in [2.45, 2.75) is 83.2 Å².